The van der Waals surface area contributed by atoms with E-state index in [1.54, 1.807) is 4.90 Å². The minimum absolute atomic E-state index is 0.176. The first-order chi connectivity index (χ1) is 9.06. The van der Waals surface area contributed by atoms with Crippen molar-refractivity contribution in [3.8, 4) is 0 Å². The predicted molar refractivity (Wildman–Crippen MR) is 77.8 cm³/mol. The normalized spacial score (nSPS) is 12.3. The number of nitrogens with one attached hydrogen (secondary N) is 1. The smallest absolute Gasteiger partial charge is 0.230 e. The fourth-order valence-corrected chi connectivity index (χ4v) is 1.95. The maximum Gasteiger partial charge on any atom is 0.230 e. The molecule has 0 aliphatic heterocycles. The van der Waals surface area contributed by atoms with Crippen LogP contribution in [0.2, 0.25) is 5.28 Å². The second-order valence-corrected chi connectivity index (χ2v) is 5.01. The number of halogens is 1. The van der Waals surface area contributed by atoms with Gasteiger partial charge in [-0.3, -0.25) is 0 Å². The molecule has 2 N–H and O–H groups in total. The highest BCUT2D eigenvalue weighted by Crippen LogP contribution is 2.14. The fourth-order valence-electron chi connectivity index (χ4n) is 1.79. The van der Waals surface area contributed by atoms with Gasteiger partial charge < -0.3 is 15.3 Å². The van der Waals surface area contributed by atoms with Crippen LogP contribution in [0.1, 0.15) is 26.2 Å². The SMILES string of the molecule is CCCC(CCO)CNc1nc(Cl)nc(N(C)C)n1. The highest BCUT2D eigenvalue weighted by Gasteiger charge is 2.10. The Balaban J connectivity index is 2.65. The summed E-state index contributed by atoms with van der Waals surface area (Å²) in [6.45, 7) is 3.06. The second-order valence-electron chi connectivity index (χ2n) is 4.67. The third-order valence-corrected chi connectivity index (χ3v) is 2.95. The van der Waals surface area contributed by atoms with E-state index in [4.69, 9.17) is 16.7 Å². The average Bonchev–Trinajstić information content (AvgIpc) is 2.36. The Morgan fingerprint density at radius 1 is 1.26 bits per heavy atom. The molecule has 0 radical (unpaired) electrons. The first-order valence-corrected chi connectivity index (χ1v) is 6.88. The largest absolute Gasteiger partial charge is 0.396 e. The molecule has 0 spiro atoms. The Morgan fingerprint density at radius 2 is 2.00 bits per heavy atom. The topological polar surface area (TPSA) is 74.2 Å². The van der Waals surface area contributed by atoms with E-state index in [1.807, 2.05) is 14.1 Å². The van der Waals surface area contributed by atoms with Crippen LogP contribution in [0.15, 0.2) is 0 Å². The standard InChI is InChI=1S/C12H22ClN5O/c1-4-5-9(6-7-19)8-14-11-15-10(13)16-12(17-11)18(2)3/h9,19H,4-8H2,1-3H3,(H,14,15,16,17). The molecule has 0 aliphatic rings. The summed E-state index contributed by atoms with van der Waals surface area (Å²) in [5.74, 6) is 1.41. The van der Waals surface area contributed by atoms with Crippen LogP contribution in [0.3, 0.4) is 0 Å². The Morgan fingerprint density at radius 3 is 2.58 bits per heavy atom. The van der Waals surface area contributed by atoms with Gasteiger partial charge in [0.05, 0.1) is 0 Å². The van der Waals surface area contributed by atoms with Crippen molar-refractivity contribution < 1.29 is 5.11 Å². The van der Waals surface area contributed by atoms with Gasteiger partial charge >= 0.3 is 0 Å². The van der Waals surface area contributed by atoms with Gasteiger partial charge in [0.15, 0.2) is 0 Å². The maximum atomic E-state index is 9.02. The van der Waals surface area contributed by atoms with E-state index >= 15 is 0 Å². The van der Waals surface area contributed by atoms with Crippen molar-refractivity contribution in [2.75, 3.05) is 37.5 Å². The molecular weight excluding hydrogens is 266 g/mol. The van der Waals surface area contributed by atoms with Crippen LogP contribution in [-0.2, 0) is 0 Å². The molecule has 1 atom stereocenters. The van der Waals surface area contributed by atoms with Gasteiger partial charge in [-0.2, -0.15) is 15.0 Å². The van der Waals surface area contributed by atoms with E-state index in [0.717, 1.165) is 25.8 Å². The lowest BCUT2D eigenvalue weighted by Crippen LogP contribution is -2.19. The van der Waals surface area contributed by atoms with Gasteiger partial charge in [-0.05, 0) is 30.4 Å². The lowest BCUT2D eigenvalue weighted by atomic mass is 10.0. The summed E-state index contributed by atoms with van der Waals surface area (Å²) in [4.78, 5) is 14.1. The predicted octanol–water partition coefficient (Wildman–Crippen LogP) is 1.80. The third-order valence-electron chi connectivity index (χ3n) is 2.78. The summed E-state index contributed by atoms with van der Waals surface area (Å²) >= 11 is 5.86. The van der Waals surface area contributed by atoms with Crippen molar-refractivity contribution in [1.29, 1.82) is 0 Å². The van der Waals surface area contributed by atoms with Gasteiger partial charge in [0, 0.05) is 27.2 Å². The van der Waals surface area contributed by atoms with Gasteiger partial charge in [-0.15, -0.1) is 0 Å². The highest BCUT2D eigenvalue weighted by atomic mass is 35.5. The summed E-state index contributed by atoms with van der Waals surface area (Å²) in [6, 6.07) is 0. The number of hydrogen-bond acceptors (Lipinski definition) is 6. The Kier molecular flexibility index (Phi) is 6.80. The molecule has 0 aliphatic carbocycles. The van der Waals surface area contributed by atoms with Gasteiger partial charge in [0.25, 0.3) is 0 Å². The Hall–Kier alpha value is -1.14. The quantitative estimate of drug-likeness (QED) is 0.759. The van der Waals surface area contributed by atoms with Crippen molar-refractivity contribution in [3.05, 3.63) is 5.28 Å². The number of hydrogen-bond donors (Lipinski definition) is 2. The number of anilines is 2. The molecule has 19 heavy (non-hydrogen) atoms. The van der Waals surface area contributed by atoms with Crippen LogP contribution in [-0.4, -0.2) is 47.3 Å². The van der Waals surface area contributed by atoms with Crippen LogP contribution in [0, 0.1) is 5.92 Å². The number of aliphatic hydroxyl groups excluding tert-OH is 1. The molecule has 1 aromatic rings. The number of aromatic nitrogens is 3. The molecule has 0 saturated carbocycles. The van der Waals surface area contributed by atoms with Crippen molar-refractivity contribution >= 4 is 23.5 Å². The van der Waals surface area contributed by atoms with Crippen LogP contribution in [0.5, 0.6) is 0 Å². The lowest BCUT2D eigenvalue weighted by Gasteiger charge is -2.16. The van der Waals surface area contributed by atoms with Crippen molar-refractivity contribution in [1.82, 2.24) is 15.0 Å². The first kappa shape index (κ1) is 15.9. The molecule has 0 aromatic carbocycles. The summed E-state index contributed by atoms with van der Waals surface area (Å²) in [7, 11) is 3.70. The van der Waals surface area contributed by atoms with E-state index in [2.05, 4.69) is 27.2 Å². The van der Waals surface area contributed by atoms with Crippen LogP contribution >= 0.6 is 11.6 Å². The Labute approximate surface area is 119 Å². The van der Waals surface area contributed by atoms with Crippen molar-refractivity contribution in [2.24, 2.45) is 5.92 Å². The van der Waals surface area contributed by atoms with E-state index in [1.165, 1.54) is 0 Å². The van der Waals surface area contributed by atoms with Gasteiger partial charge in [0.2, 0.25) is 17.2 Å². The minimum Gasteiger partial charge on any atom is -0.396 e. The molecular formula is C12H22ClN5O. The molecule has 1 unspecified atom stereocenters. The summed E-state index contributed by atoms with van der Waals surface area (Å²) in [6.07, 6.45) is 2.93. The molecule has 0 bridgehead atoms. The monoisotopic (exact) mass is 287 g/mol. The van der Waals surface area contributed by atoms with E-state index in [9.17, 15) is 0 Å². The van der Waals surface area contributed by atoms with Gasteiger partial charge in [-0.1, -0.05) is 13.3 Å². The molecule has 1 aromatic heterocycles. The molecule has 7 heteroatoms. The second kappa shape index (κ2) is 8.12. The number of nitrogens with zero attached hydrogens (tertiary/aromatic N) is 4. The lowest BCUT2D eigenvalue weighted by molar-refractivity contribution is 0.255. The molecule has 0 amide bonds. The zero-order chi connectivity index (χ0) is 14.3. The van der Waals surface area contributed by atoms with E-state index in [0.29, 0.717) is 17.8 Å². The molecule has 1 rings (SSSR count). The molecule has 108 valence electrons. The molecule has 1 heterocycles. The maximum absolute atomic E-state index is 9.02. The van der Waals surface area contributed by atoms with Crippen molar-refractivity contribution in [3.63, 3.8) is 0 Å². The summed E-state index contributed by atoms with van der Waals surface area (Å²) in [5, 5.41) is 12.4. The zero-order valence-electron chi connectivity index (χ0n) is 11.7. The van der Waals surface area contributed by atoms with Gasteiger partial charge in [0.1, 0.15) is 0 Å². The van der Waals surface area contributed by atoms with Crippen LogP contribution in [0.4, 0.5) is 11.9 Å². The summed E-state index contributed by atoms with van der Waals surface area (Å²) < 4.78 is 0. The fraction of sp³-hybridized carbons (Fsp3) is 0.750. The first-order valence-electron chi connectivity index (χ1n) is 6.50. The summed E-state index contributed by atoms with van der Waals surface area (Å²) in [5.41, 5.74) is 0. The van der Waals surface area contributed by atoms with Crippen LogP contribution in [0.25, 0.3) is 0 Å². The highest BCUT2D eigenvalue weighted by molar-refractivity contribution is 6.28. The van der Waals surface area contributed by atoms with Gasteiger partial charge in [-0.25, -0.2) is 0 Å². The van der Waals surface area contributed by atoms with E-state index in [-0.39, 0.29) is 11.9 Å². The van der Waals surface area contributed by atoms with Crippen molar-refractivity contribution in [2.45, 2.75) is 26.2 Å². The van der Waals surface area contributed by atoms with Crippen LogP contribution < -0.4 is 10.2 Å². The minimum atomic E-state index is 0.176. The van der Waals surface area contributed by atoms with E-state index < -0.39 is 0 Å². The average molecular weight is 288 g/mol. The Bertz CT molecular complexity index is 382. The molecule has 0 saturated heterocycles. The zero-order valence-corrected chi connectivity index (χ0v) is 12.5. The number of aliphatic hydroxyl groups is 1. The number of rotatable bonds is 8. The molecule has 6 nitrogen and oxygen atoms in total. The molecule has 0 fully saturated rings. The third kappa shape index (κ3) is 5.57.